The Hall–Kier alpha value is -0.200. The second-order valence-electron chi connectivity index (χ2n) is 6.98. The minimum Gasteiger partial charge on any atom is -0.394 e. The standard InChI is InChI=1S/C19H38O5/c1-2-3-4-5-6-7-8-9-10-11-12-13-23-19-16(21)15-24-17(14-20)18(19)22/h16-22H,2-15H2,1H3/t16-,17+,18+,19+/m1/s1. The third-order valence-corrected chi connectivity index (χ3v) is 4.82. The van der Waals surface area contributed by atoms with Gasteiger partial charge in [0.1, 0.15) is 24.4 Å². The molecule has 1 aliphatic heterocycles. The van der Waals surface area contributed by atoms with Gasteiger partial charge < -0.3 is 24.8 Å². The number of rotatable bonds is 14. The van der Waals surface area contributed by atoms with Crippen LogP contribution < -0.4 is 0 Å². The van der Waals surface area contributed by atoms with Crippen LogP contribution in [0.4, 0.5) is 0 Å². The third kappa shape index (κ3) is 8.77. The van der Waals surface area contributed by atoms with Crippen LogP contribution in [0.3, 0.4) is 0 Å². The largest absolute Gasteiger partial charge is 0.394 e. The SMILES string of the molecule is CCCCCCCCCCCCCO[C@@H]1[C@@H](O)[C@H](CO)OC[C@H]1O. The monoisotopic (exact) mass is 346 g/mol. The fraction of sp³-hybridized carbons (Fsp3) is 1.00. The molecule has 3 N–H and O–H groups in total. The van der Waals surface area contributed by atoms with Crippen molar-refractivity contribution in [1.29, 1.82) is 0 Å². The van der Waals surface area contributed by atoms with Gasteiger partial charge >= 0.3 is 0 Å². The lowest BCUT2D eigenvalue weighted by Gasteiger charge is -2.37. The molecular formula is C19H38O5. The average molecular weight is 347 g/mol. The van der Waals surface area contributed by atoms with E-state index in [1.54, 1.807) is 0 Å². The van der Waals surface area contributed by atoms with Gasteiger partial charge in [0.15, 0.2) is 0 Å². The molecule has 1 aliphatic rings. The van der Waals surface area contributed by atoms with E-state index in [9.17, 15) is 10.2 Å². The topological polar surface area (TPSA) is 79.2 Å². The van der Waals surface area contributed by atoms with Crippen molar-refractivity contribution >= 4 is 0 Å². The molecular weight excluding hydrogens is 308 g/mol. The highest BCUT2D eigenvalue weighted by Gasteiger charge is 2.38. The van der Waals surface area contributed by atoms with E-state index >= 15 is 0 Å². The Labute approximate surface area is 147 Å². The van der Waals surface area contributed by atoms with Crippen LogP contribution in [0.15, 0.2) is 0 Å². The van der Waals surface area contributed by atoms with E-state index in [4.69, 9.17) is 14.6 Å². The number of unbranched alkanes of at least 4 members (excludes halogenated alkanes) is 10. The normalized spacial score (nSPS) is 27.5. The summed E-state index contributed by atoms with van der Waals surface area (Å²) in [5, 5.41) is 29.0. The predicted octanol–water partition coefficient (Wildman–Crippen LogP) is 2.80. The van der Waals surface area contributed by atoms with Gasteiger partial charge in [0, 0.05) is 6.61 Å². The molecule has 4 atom stereocenters. The van der Waals surface area contributed by atoms with Crippen molar-refractivity contribution in [2.24, 2.45) is 0 Å². The maximum absolute atomic E-state index is 10.0. The molecule has 0 aliphatic carbocycles. The first-order chi connectivity index (χ1) is 11.7. The van der Waals surface area contributed by atoms with Crippen molar-refractivity contribution in [3.05, 3.63) is 0 Å². The summed E-state index contributed by atoms with van der Waals surface area (Å²) in [4.78, 5) is 0. The lowest BCUT2D eigenvalue weighted by Crippen LogP contribution is -2.55. The van der Waals surface area contributed by atoms with Crippen LogP contribution in [-0.2, 0) is 9.47 Å². The molecule has 24 heavy (non-hydrogen) atoms. The van der Waals surface area contributed by atoms with Crippen LogP contribution in [-0.4, -0.2) is 59.6 Å². The second-order valence-corrected chi connectivity index (χ2v) is 6.98. The molecule has 144 valence electrons. The molecule has 0 unspecified atom stereocenters. The zero-order chi connectivity index (χ0) is 17.6. The molecule has 0 spiro atoms. The molecule has 1 heterocycles. The van der Waals surface area contributed by atoms with E-state index in [2.05, 4.69) is 6.92 Å². The van der Waals surface area contributed by atoms with Crippen molar-refractivity contribution in [3.63, 3.8) is 0 Å². The minimum absolute atomic E-state index is 0.102. The van der Waals surface area contributed by atoms with Gasteiger partial charge in [-0.15, -0.1) is 0 Å². The Balaban J connectivity index is 1.94. The lowest BCUT2D eigenvalue weighted by atomic mass is 10.0. The highest BCUT2D eigenvalue weighted by molar-refractivity contribution is 4.87. The molecule has 0 aromatic heterocycles. The fourth-order valence-corrected chi connectivity index (χ4v) is 3.21. The number of aliphatic hydroxyl groups excluding tert-OH is 3. The Morgan fingerprint density at radius 1 is 0.875 bits per heavy atom. The van der Waals surface area contributed by atoms with Gasteiger partial charge in [-0.1, -0.05) is 71.1 Å². The zero-order valence-corrected chi connectivity index (χ0v) is 15.4. The van der Waals surface area contributed by atoms with Crippen molar-refractivity contribution in [2.45, 2.75) is 102 Å². The molecule has 1 rings (SSSR count). The fourth-order valence-electron chi connectivity index (χ4n) is 3.21. The lowest BCUT2D eigenvalue weighted by molar-refractivity contribution is -0.210. The van der Waals surface area contributed by atoms with Gasteiger partial charge in [0.2, 0.25) is 0 Å². The Morgan fingerprint density at radius 2 is 1.42 bits per heavy atom. The first-order valence-corrected chi connectivity index (χ1v) is 9.90. The van der Waals surface area contributed by atoms with Crippen LogP contribution in [0.2, 0.25) is 0 Å². The third-order valence-electron chi connectivity index (χ3n) is 4.82. The van der Waals surface area contributed by atoms with Crippen LogP contribution in [0, 0.1) is 0 Å². The molecule has 1 fully saturated rings. The van der Waals surface area contributed by atoms with E-state index in [0.717, 1.165) is 12.8 Å². The van der Waals surface area contributed by atoms with Gasteiger partial charge in [-0.2, -0.15) is 0 Å². The van der Waals surface area contributed by atoms with Crippen molar-refractivity contribution in [3.8, 4) is 0 Å². The molecule has 5 nitrogen and oxygen atoms in total. The van der Waals surface area contributed by atoms with Gasteiger partial charge in [0.25, 0.3) is 0 Å². The first-order valence-electron chi connectivity index (χ1n) is 9.90. The van der Waals surface area contributed by atoms with E-state index in [1.165, 1.54) is 57.8 Å². The summed E-state index contributed by atoms with van der Waals surface area (Å²) in [6.45, 7) is 2.63. The number of hydrogen-bond donors (Lipinski definition) is 3. The second kappa shape index (κ2) is 14.0. The Morgan fingerprint density at radius 3 is 1.96 bits per heavy atom. The molecule has 0 amide bonds. The van der Waals surface area contributed by atoms with E-state index in [-0.39, 0.29) is 13.2 Å². The molecule has 0 aromatic carbocycles. The van der Waals surface area contributed by atoms with Crippen LogP contribution >= 0.6 is 0 Å². The summed E-state index contributed by atoms with van der Waals surface area (Å²) in [5.74, 6) is 0. The summed E-state index contributed by atoms with van der Waals surface area (Å²) >= 11 is 0. The minimum atomic E-state index is -0.966. The van der Waals surface area contributed by atoms with Gasteiger partial charge in [0.05, 0.1) is 13.2 Å². The summed E-state index contributed by atoms with van der Waals surface area (Å²) in [6, 6.07) is 0. The maximum Gasteiger partial charge on any atom is 0.114 e. The Kier molecular flexibility index (Phi) is 12.8. The van der Waals surface area contributed by atoms with Crippen LogP contribution in [0.5, 0.6) is 0 Å². The van der Waals surface area contributed by atoms with E-state index in [0.29, 0.717) is 6.61 Å². The summed E-state index contributed by atoms with van der Waals surface area (Å²) in [7, 11) is 0. The van der Waals surface area contributed by atoms with Gasteiger partial charge in [-0.05, 0) is 6.42 Å². The van der Waals surface area contributed by atoms with Crippen molar-refractivity contribution in [2.75, 3.05) is 19.8 Å². The molecule has 0 bridgehead atoms. The number of hydrogen-bond acceptors (Lipinski definition) is 5. The highest BCUT2D eigenvalue weighted by Crippen LogP contribution is 2.19. The molecule has 5 heteroatoms. The average Bonchev–Trinajstić information content (AvgIpc) is 2.58. The maximum atomic E-state index is 10.0. The summed E-state index contributed by atoms with van der Waals surface area (Å²) in [6.07, 6.45) is 10.9. The quantitative estimate of drug-likeness (QED) is 0.422. The number of aliphatic hydroxyl groups is 3. The van der Waals surface area contributed by atoms with Crippen molar-refractivity contribution in [1.82, 2.24) is 0 Å². The smallest absolute Gasteiger partial charge is 0.114 e. The van der Waals surface area contributed by atoms with Crippen LogP contribution in [0.1, 0.15) is 77.6 Å². The molecule has 0 aromatic rings. The summed E-state index contributed by atoms with van der Waals surface area (Å²) in [5.41, 5.74) is 0. The Bertz CT molecular complexity index is 287. The first kappa shape index (κ1) is 21.8. The summed E-state index contributed by atoms with van der Waals surface area (Å²) < 4.78 is 10.8. The van der Waals surface area contributed by atoms with E-state index < -0.39 is 24.4 Å². The molecule has 1 saturated heterocycles. The highest BCUT2D eigenvalue weighted by atomic mass is 16.6. The predicted molar refractivity (Wildman–Crippen MR) is 95.0 cm³/mol. The molecule has 0 radical (unpaired) electrons. The number of ether oxygens (including phenoxy) is 2. The zero-order valence-electron chi connectivity index (χ0n) is 15.4. The van der Waals surface area contributed by atoms with Crippen LogP contribution in [0.25, 0.3) is 0 Å². The molecule has 0 saturated carbocycles. The van der Waals surface area contributed by atoms with E-state index in [1.807, 2.05) is 0 Å². The van der Waals surface area contributed by atoms with Gasteiger partial charge in [-0.25, -0.2) is 0 Å². The van der Waals surface area contributed by atoms with Crippen molar-refractivity contribution < 1.29 is 24.8 Å². The van der Waals surface area contributed by atoms with Gasteiger partial charge in [-0.3, -0.25) is 0 Å².